The normalized spacial score (nSPS) is 23.3. The third kappa shape index (κ3) is 3.80. The van der Waals surface area contributed by atoms with Crippen molar-refractivity contribution in [3.05, 3.63) is 129 Å². The maximum Gasteiger partial charge on any atom is 0.238 e. The number of fused-ring (bicyclic) bond motifs is 6. The van der Waals surface area contributed by atoms with Gasteiger partial charge in [-0.15, -0.1) is 0 Å². The summed E-state index contributed by atoms with van der Waals surface area (Å²) in [6.07, 6.45) is 3.86. The van der Waals surface area contributed by atoms with Crippen LogP contribution in [0, 0.1) is 5.92 Å². The second-order valence-corrected chi connectivity index (χ2v) is 12.0. The first-order valence-corrected chi connectivity index (χ1v) is 14.7. The van der Waals surface area contributed by atoms with Crippen LogP contribution in [0.4, 0.5) is 11.4 Å². The van der Waals surface area contributed by atoms with Crippen molar-refractivity contribution >= 4 is 62.5 Å². The lowest BCUT2D eigenvalue weighted by molar-refractivity contribution is -0.121. The monoisotopic (exact) mass is 638 g/mol. The molecule has 4 aromatic rings. The number of carbonyl (C=O) groups is 3. The van der Waals surface area contributed by atoms with Gasteiger partial charge in [0.25, 0.3) is 0 Å². The highest BCUT2D eigenvalue weighted by Gasteiger charge is 2.70. The molecule has 208 valence electrons. The lowest BCUT2D eigenvalue weighted by Crippen LogP contribution is -2.51. The van der Waals surface area contributed by atoms with E-state index in [9.17, 15) is 14.4 Å². The second kappa shape index (κ2) is 9.96. The van der Waals surface area contributed by atoms with Gasteiger partial charge in [0.1, 0.15) is 17.2 Å². The van der Waals surface area contributed by atoms with Crippen molar-refractivity contribution in [2.75, 3.05) is 17.3 Å². The molecule has 1 spiro atoms. The number of hydrogen-bond acceptors (Lipinski definition) is 5. The van der Waals surface area contributed by atoms with E-state index in [2.05, 4.69) is 21.2 Å². The van der Waals surface area contributed by atoms with Crippen LogP contribution in [-0.4, -0.2) is 36.7 Å². The molecule has 1 unspecified atom stereocenters. The molecule has 4 atom stereocenters. The number of ketones is 2. The number of Topliss-reactive ketones (excluding diaryl/α,β-unsaturated/α-hetero) is 2. The van der Waals surface area contributed by atoms with Crippen molar-refractivity contribution < 1.29 is 19.1 Å². The Hall–Kier alpha value is -4.20. The Morgan fingerprint density at radius 2 is 1.62 bits per heavy atom. The van der Waals surface area contributed by atoms with E-state index in [1.54, 1.807) is 61.7 Å². The SMILES string of the molecule is COc1ccc(C(=O)[C@@H]2[C@H](C(=O)c3ccc(Br)cc3)N3c4ccc(Cl)cc4C=CC3[C@@]23C(=O)Nc2ccccc23)cc1. The van der Waals surface area contributed by atoms with E-state index in [4.69, 9.17) is 16.3 Å². The number of nitrogens with zero attached hydrogens (tertiary/aromatic N) is 1. The van der Waals surface area contributed by atoms with Crippen LogP contribution in [0.3, 0.4) is 0 Å². The number of ether oxygens (including phenoxy) is 1. The van der Waals surface area contributed by atoms with Crippen molar-refractivity contribution in [3.8, 4) is 5.75 Å². The van der Waals surface area contributed by atoms with Crippen LogP contribution < -0.4 is 15.0 Å². The highest BCUT2D eigenvalue weighted by atomic mass is 79.9. The predicted octanol–water partition coefficient (Wildman–Crippen LogP) is 6.97. The summed E-state index contributed by atoms with van der Waals surface area (Å²) in [7, 11) is 1.56. The number of hydrogen-bond donors (Lipinski definition) is 1. The fourth-order valence-corrected chi connectivity index (χ4v) is 7.31. The average Bonchev–Trinajstić information content (AvgIpc) is 3.49. The fraction of sp³-hybridized carbons (Fsp3) is 0.147. The molecular formula is C34H24BrClN2O4. The van der Waals surface area contributed by atoms with Gasteiger partial charge in [-0.05, 0) is 71.8 Å². The molecule has 1 saturated heterocycles. The van der Waals surface area contributed by atoms with Crippen LogP contribution >= 0.6 is 27.5 Å². The minimum atomic E-state index is -1.38. The van der Waals surface area contributed by atoms with E-state index < -0.39 is 23.4 Å². The molecule has 3 aliphatic rings. The van der Waals surface area contributed by atoms with Gasteiger partial charge in [0.15, 0.2) is 11.6 Å². The largest absolute Gasteiger partial charge is 0.497 e. The number of amides is 1. The standard InChI is InChI=1S/C34H24BrClN2O4/c1-42-24-14-8-19(9-15-24)31(39)29-30(32(40)20-6-11-22(35)12-7-20)38-27-16-13-23(36)18-21(27)10-17-28(38)34(29)25-4-2-3-5-26(25)37-33(34)41/h2-18,28-30H,1H3,(H,37,41)/t28?,29-,30+,34+/m0/s1. The van der Waals surface area contributed by atoms with Gasteiger partial charge in [0, 0.05) is 32.0 Å². The Balaban J connectivity index is 1.52. The Morgan fingerprint density at radius 1 is 0.929 bits per heavy atom. The van der Waals surface area contributed by atoms with Gasteiger partial charge in [-0.25, -0.2) is 0 Å². The molecule has 0 radical (unpaired) electrons. The summed E-state index contributed by atoms with van der Waals surface area (Å²) < 4.78 is 6.15. The zero-order valence-electron chi connectivity index (χ0n) is 22.4. The van der Waals surface area contributed by atoms with Crippen molar-refractivity contribution in [1.82, 2.24) is 0 Å². The molecule has 0 aliphatic carbocycles. The maximum atomic E-state index is 14.8. The number of para-hydroxylation sites is 1. The molecule has 0 aromatic heterocycles. The summed E-state index contributed by atoms with van der Waals surface area (Å²) in [5.74, 6) is -1.30. The molecule has 8 heteroatoms. The molecule has 3 aliphatic heterocycles. The van der Waals surface area contributed by atoms with E-state index >= 15 is 0 Å². The van der Waals surface area contributed by atoms with Gasteiger partial charge in [0.05, 0.1) is 19.1 Å². The number of carbonyl (C=O) groups excluding carboxylic acids is 3. The van der Waals surface area contributed by atoms with Crippen LogP contribution in [0.2, 0.25) is 5.02 Å². The molecule has 1 fully saturated rings. The predicted molar refractivity (Wildman–Crippen MR) is 167 cm³/mol. The Bertz CT molecular complexity index is 1800. The topological polar surface area (TPSA) is 75.7 Å². The number of halogens is 2. The number of methoxy groups -OCH3 is 1. The Kier molecular flexibility index (Phi) is 6.33. The first-order valence-electron chi connectivity index (χ1n) is 13.5. The maximum absolute atomic E-state index is 14.8. The van der Waals surface area contributed by atoms with Crippen LogP contribution in [-0.2, 0) is 10.2 Å². The van der Waals surface area contributed by atoms with Crippen molar-refractivity contribution in [2.24, 2.45) is 5.92 Å². The molecule has 0 saturated carbocycles. The smallest absolute Gasteiger partial charge is 0.238 e. The van der Waals surface area contributed by atoms with Crippen LogP contribution in [0.25, 0.3) is 6.08 Å². The zero-order valence-corrected chi connectivity index (χ0v) is 24.7. The molecule has 1 N–H and O–H groups in total. The summed E-state index contributed by atoms with van der Waals surface area (Å²) >= 11 is 9.82. The Labute approximate surface area is 256 Å². The van der Waals surface area contributed by atoms with Crippen LogP contribution in [0.1, 0.15) is 31.8 Å². The zero-order chi connectivity index (χ0) is 29.2. The third-order valence-electron chi connectivity index (χ3n) is 8.65. The highest BCUT2D eigenvalue weighted by molar-refractivity contribution is 9.10. The molecule has 0 bridgehead atoms. The number of nitrogens with one attached hydrogen (secondary N) is 1. The summed E-state index contributed by atoms with van der Waals surface area (Å²) in [4.78, 5) is 45.9. The van der Waals surface area contributed by atoms with E-state index in [0.717, 1.165) is 15.7 Å². The molecular weight excluding hydrogens is 616 g/mol. The first kappa shape index (κ1) is 26.7. The lowest BCUT2D eigenvalue weighted by Gasteiger charge is -2.37. The van der Waals surface area contributed by atoms with E-state index in [1.165, 1.54) is 0 Å². The van der Waals surface area contributed by atoms with Gasteiger partial charge in [-0.1, -0.05) is 70.0 Å². The third-order valence-corrected chi connectivity index (χ3v) is 9.41. The van der Waals surface area contributed by atoms with Crippen LogP contribution in [0.5, 0.6) is 5.75 Å². The first-order chi connectivity index (χ1) is 20.3. The molecule has 6 nitrogen and oxygen atoms in total. The summed E-state index contributed by atoms with van der Waals surface area (Å²) in [6, 6.07) is 25.2. The van der Waals surface area contributed by atoms with Gasteiger partial charge < -0.3 is 15.0 Å². The molecule has 1 amide bonds. The minimum Gasteiger partial charge on any atom is -0.497 e. The number of rotatable bonds is 5. The van der Waals surface area contributed by atoms with E-state index in [1.807, 2.05) is 53.5 Å². The van der Waals surface area contributed by atoms with Crippen molar-refractivity contribution in [2.45, 2.75) is 17.5 Å². The minimum absolute atomic E-state index is 0.246. The fourth-order valence-electron chi connectivity index (χ4n) is 6.87. The van der Waals surface area contributed by atoms with Crippen molar-refractivity contribution in [1.29, 1.82) is 0 Å². The molecule has 42 heavy (non-hydrogen) atoms. The van der Waals surface area contributed by atoms with E-state index in [-0.39, 0.29) is 17.5 Å². The van der Waals surface area contributed by atoms with Gasteiger partial charge in [-0.2, -0.15) is 0 Å². The lowest BCUT2D eigenvalue weighted by atomic mass is 9.64. The molecule has 4 aromatic carbocycles. The number of benzene rings is 4. The number of anilines is 2. The highest BCUT2D eigenvalue weighted by Crippen LogP contribution is 2.58. The Morgan fingerprint density at radius 3 is 2.36 bits per heavy atom. The van der Waals surface area contributed by atoms with Crippen molar-refractivity contribution in [3.63, 3.8) is 0 Å². The van der Waals surface area contributed by atoms with Crippen LogP contribution in [0.15, 0.2) is 102 Å². The molecule has 7 rings (SSSR count). The molecule has 3 heterocycles. The second-order valence-electron chi connectivity index (χ2n) is 10.7. The van der Waals surface area contributed by atoms with Gasteiger partial charge in [-0.3, -0.25) is 14.4 Å². The summed E-state index contributed by atoms with van der Waals surface area (Å²) in [5.41, 5.74) is 2.36. The summed E-state index contributed by atoms with van der Waals surface area (Å²) in [6.45, 7) is 0. The summed E-state index contributed by atoms with van der Waals surface area (Å²) in [5, 5.41) is 3.60. The quantitative estimate of drug-likeness (QED) is 0.239. The van der Waals surface area contributed by atoms with E-state index in [0.29, 0.717) is 33.1 Å². The average molecular weight is 640 g/mol. The van der Waals surface area contributed by atoms with Gasteiger partial charge in [0.2, 0.25) is 5.91 Å². The van der Waals surface area contributed by atoms with Gasteiger partial charge >= 0.3 is 0 Å².